The van der Waals surface area contributed by atoms with Crippen molar-refractivity contribution in [3.8, 4) is 0 Å². The molecule has 4 nitrogen and oxygen atoms in total. The van der Waals surface area contributed by atoms with Gasteiger partial charge in [0.1, 0.15) is 0 Å². The van der Waals surface area contributed by atoms with Gasteiger partial charge in [-0.25, -0.2) is 4.98 Å². The number of carbonyl (C=O) groups is 1. The van der Waals surface area contributed by atoms with Crippen LogP contribution >= 0.6 is 27.3 Å². The van der Waals surface area contributed by atoms with Crippen LogP contribution in [0.15, 0.2) is 53.1 Å². The number of halogens is 1. The molecule has 1 saturated heterocycles. The van der Waals surface area contributed by atoms with Crippen LogP contribution in [0.1, 0.15) is 47.5 Å². The first-order chi connectivity index (χ1) is 15.1. The van der Waals surface area contributed by atoms with Crippen molar-refractivity contribution in [1.82, 2.24) is 14.5 Å². The maximum Gasteiger partial charge on any atom is 0.161 e. The maximum absolute atomic E-state index is 12.1. The molecule has 6 heteroatoms. The van der Waals surface area contributed by atoms with E-state index in [1.165, 1.54) is 22.5 Å². The highest BCUT2D eigenvalue weighted by atomic mass is 79.9. The van der Waals surface area contributed by atoms with Crippen molar-refractivity contribution in [2.45, 2.75) is 38.6 Å². The van der Waals surface area contributed by atoms with Gasteiger partial charge in [-0.1, -0.05) is 24.3 Å². The number of Topliss-reactive ketones (excluding diaryl/α,β-unsaturated/α-hetero) is 1. The minimum absolute atomic E-state index is 0.124. The lowest BCUT2D eigenvalue weighted by atomic mass is 9.97. The van der Waals surface area contributed by atoms with Crippen LogP contribution in [0, 0.1) is 0 Å². The molecule has 31 heavy (non-hydrogen) atoms. The molecule has 2 aromatic carbocycles. The number of aromatic nitrogens is 2. The molecule has 1 aliphatic heterocycles. The van der Waals surface area contributed by atoms with Crippen molar-refractivity contribution in [2.75, 3.05) is 19.6 Å². The smallest absolute Gasteiger partial charge is 0.161 e. The molecule has 1 fully saturated rings. The standard InChI is InChI=1S/C25H26BrN3OS/c1-17(30)20-16-29(24-19(20)6-4-7-21(24)26)13-5-12-28-14-10-18(11-15-28)25-27-22-8-2-3-9-23(22)31-25/h2-4,6-9,16,18H,5,10-15H2,1H3. The Morgan fingerprint density at radius 1 is 1.13 bits per heavy atom. The van der Waals surface area contributed by atoms with Crippen LogP contribution in [0.2, 0.25) is 0 Å². The van der Waals surface area contributed by atoms with Gasteiger partial charge in [-0.3, -0.25) is 4.79 Å². The van der Waals surface area contributed by atoms with E-state index >= 15 is 0 Å². The number of ketones is 1. The predicted molar refractivity (Wildman–Crippen MR) is 132 cm³/mol. The van der Waals surface area contributed by atoms with Gasteiger partial charge < -0.3 is 9.47 Å². The van der Waals surface area contributed by atoms with Gasteiger partial charge in [-0.05, 0) is 79.9 Å². The average molecular weight is 496 g/mol. The molecule has 0 aliphatic carbocycles. The van der Waals surface area contributed by atoms with E-state index in [2.05, 4.69) is 55.7 Å². The molecule has 0 saturated carbocycles. The molecule has 0 N–H and O–H groups in total. The fraction of sp³-hybridized carbons (Fsp3) is 0.360. The Hall–Kier alpha value is -2.02. The number of benzene rings is 2. The van der Waals surface area contributed by atoms with Gasteiger partial charge in [0.25, 0.3) is 0 Å². The Bertz CT molecular complexity index is 1200. The van der Waals surface area contributed by atoms with Gasteiger partial charge in [-0.2, -0.15) is 0 Å². The normalized spacial score (nSPS) is 15.8. The van der Waals surface area contributed by atoms with Crippen molar-refractivity contribution < 1.29 is 4.79 Å². The summed E-state index contributed by atoms with van der Waals surface area (Å²) in [5.41, 5.74) is 3.08. The molecule has 3 heterocycles. The van der Waals surface area contributed by atoms with E-state index in [0.29, 0.717) is 5.92 Å². The molecule has 4 aromatic rings. The highest BCUT2D eigenvalue weighted by molar-refractivity contribution is 9.10. The summed E-state index contributed by atoms with van der Waals surface area (Å²) < 4.78 is 4.59. The summed E-state index contributed by atoms with van der Waals surface area (Å²) in [6.45, 7) is 5.93. The van der Waals surface area contributed by atoms with E-state index in [1.54, 1.807) is 6.92 Å². The summed E-state index contributed by atoms with van der Waals surface area (Å²) in [4.78, 5) is 19.5. The SMILES string of the molecule is CC(=O)c1cn(CCCN2CCC(c3nc4ccccc4s3)CC2)c2c(Br)cccc12. The van der Waals surface area contributed by atoms with Crippen molar-refractivity contribution in [3.05, 3.63) is 63.7 Å². The summed E-state index contributed by atoms with van der Waals surface area (Å²) in [5, 5.41) is 2.35. The summed E-state index contributed by atoms with van der Waals surface area (Å²) >= 11 is 5.53. The zero-order chi connectivity index (χ0) is 21.4. The Kier molecular flexibility index (Phi) is 5.95. The van der Waals surface area contributed by atoms with E-state index in [4.69, 9.17) is 4.98 Å². The monoisotopic (exact) mass is 495 g/mol. The first-order valence-corrected chi connectivity index (χ1v) is 12.6. The van der Waals surface area contributed by atoms with Crippen LogP contribution in [0.4, 0.5) is 0 Å². The van der Waals surface area contributed by atoms with Crippen LogP contribution in [0.25, 0.3) is 21.1 Å². The first-order valence-electron chi connectivity index (χ1n) is 11.0. The number of likely N-dealkylation sites (tertiary alicyclic amines) is 1. The molecule has 0 unspecified atom stereocenters. The molecule has 0 spiro atoms. The predicted octanol–water partition coefficient (Wildman–Crippen LogP) is 6.49. The number of hydrogen-bond acceptors (Lipinski definition) is 4. The largest absolute Gasteiger partial charge is 0.346 e. The van der Waals surface area contributed by atoms with Crippen LogP contribution < -0.4 is 0 Å². The van der Waals surface area contributed by atoms with Crippen LogP contribution in [-0.2, 0) is 6.54 Å². The Morgan fingerprint density at radius 3 is 2.71 bits per heavy atom. The molecule has 0 radical (unpaired) electrons. The Balaban J connectivity index is 1.19. The number of para-hydroxylation sites is 2. The number of rotatable bonds is 6. The third-order valence-corrected chi connectivity index (χ3v) is 8.19. The minimum Gasteiger partial charge on any atom is -0.346 e. The van der Waals surface area contributed by atoms with Crippen molar-refractivity contribution in [2.24, 2.45) is 0 Å². The number of fused-ring (bicyclic) bond motifs is 2. The highest BCUT2D eigenvalue weighted by Crippen LogP contribution is 2.34. The fourth-order valence-corrected chi connectivity index (χ4v) is 6.43. The zero-order valence-corrected chi connectivity index (χ0v) is 20.1. The van der Waals surface area contributed by atoms with Gasteiger partial charge in [0.15, 0.2) is 5.78 Å². The van der Waals surface area contributed by atoms with Crippen LogP contribution in [-0.4, -0.2) is 39.9 Å². The molecule has 2 aromatic heterocycles. The fourth-order valence-electron chi connectivity index (χ4n) is 4.70. The summed E-state index contributed by atoms with van der Waals surface area (Å²) in [6.07, 6.45) is 5.48. The second-order valence-electron chi connectivity index (χ2n) is 8.42. The van der Waals surface area contributed by atoms with E-state index in [9.17, 15) is 4.79 Å². The quantitative estimate of drug-likeness (QED) is 0.287. The Morgan fingerprint density at radius 2 is 1.94 bits per heavy atom. The van der Waals surface area contributed by atoms with Gasteiger partial charge in [0.05, 0.1) is 20.7 Å². The molecule has 0 bridgehead atoms. The van der Waals surface area contributed by atoms with Gasteiger partial charge in [0, 0.05) is 34.1 Å². The van der Waals surface area contributed by atoms with Crippen molar-refractivity contribution >= 4 is 54.2 Å². The summed E-state index contributed by atoms with van der Waals surface area (Å²) in [7, 11) is 0. The maximum atomic E-state index is 12.1. The molecule has 0 atom stereocenters. The summed E-state index contributed by atoms with van der Waals surface area (Å²) in [6, 6.07) is 14.5. The number of hydrogen-bond donors (Lipinski definition) is 0. The van der Waals surface area contributed by atoms with Crippen molar-refractivity contribution in [3.63, 3.8) is 0 Å². The number of nitrogens with zero attached hydrogens (tertiary/aromatic N) is 3. The second-order valence-corrected chi connectivity index (χ2v) is 10.3. The van der Waals surface area contributed by atoms with E-state index < -0.39 is 0 Å². The molecule has 1 aliphatic rings. The number of thiazole rings is 1. The highest BCUT2D eigenvalue weighted by Gasteiger charge is 2.23. The molecular weight excluding hydrogens is 470 g/mol. The average Bonchev–Trinajstić information content (AvgIpc) is 3.37. The summed E-state index contributed by atoms with van der Waals surface area (Å²) in [5.74, 6) is 0.717. The van der Waals surface area contributed by atoms with Gasteiger partial charge in [0.2, 0.25) is 0 Å². The molecule has 160 valence electrons. The number of aryl methyl sites for hydroxylation is 1. The minimum atomic E-state index is 0.124. The second kappa shape index (κ2) is 8.85. The third kappa shape index (κ3) is 4.21. The van der Waals surface area contributed by atoms with Gasteiger partial charge in [-0.15, -0.1) is 11.3 Å². The molecule has 5 rings (SSSR count). The lowest BCUT2D eigenvalue weighted by molar-refractivity contribution is 0.101. The molecule has 0 amide bonds. The molecular formula is C25H26BrN3OS. The van der Waals surface area contributed by atoms with Crippen molar-refractivity contribution in [1.29, 1.82) is 0 Å². The zero-order valence-electron chi connectivity index (χ0n) is 17.7. The lowest BCUT2D eigenvalue weighted by Gasteiger charge is -2.31. The lowest BCUT2D eigenvalue weighted by Crippen LogP contribution is -2.34. The van der Waals surface area contributed by atoms with Crippen LogP contribution in [0.5, 0.6) is 0 Å². The van der Waals surface area contributed by atoms with E-state index in [1.807, 2.05) is 29.7 Å². The number of piperidine rings is 1. The number of carbonyl (C=O) groups excluding carboxylic acids is 1. The van der Waals surface area contributed by atoms with Crippen LogP contribution in [0.3, 0.4) is 0 Å². The topological polar surface area (TPSA) is 38.1 Å². The van der Waals surface area contributed by atoms with Gasteiger partial charge >= 0.3 is 0 Å². The van der Waals surface area contributed by atoms with E-state index in [0.717, 1.165) is 59.1 Å². The van der Waals surface area contributed by atoms with E-state index in [-0.39, 0.29) is 5.78 Å². The first kappa shape index (κ1) is 20.9. The Labute approximate surface area is 195 Å². The third-order valence-electron chi connectivity index (χ3n) is 6.35.